The van der Waals surface area contributed by atoms with E-state index in [1.807, 2.05) is 21.7 Å². The number of hydrazine groups is 4. The maximum atomic E-state index is 13.7. The molecule has 111 heavy (non-hydrogen) atoms. The number of aryl methyl sites for hydroxylation is 1. The molecule has 0 heterocycles. The summed E-state index contributed by atoms with van der Waals surface area (Å²) in [5, 5.41) is 0. The van der Waals surface area contributed by atoms with Crippen LogP contribution >= 0.6 is 60.8 Å². The van der Waals surface area contributed by atoms with Crippen molar-refractivity contribution in [3.63, 3.8) is 0 Å². The number of carbonyl (C=O) groups excluding carboxylic acids is 8. The molecule has 0 aliphatic carbocycles. The summed E-state index contributed by atoms with van der Waals surface area (Å²) >= 11 is 0. The van der Waals surface area contributed by atoms with Crippen LogP contribution in [0.2, 0.25) is 0 Å². The zero-order valence-electron chi connectivity index (χ0n) is 60.6. The number of hydrogen-bond donors (Lipinski definition) is 16. The Labute approximate surface area is 807 Å². The third-order valence-electron chi connectivity index (χ3n) is 12.0. The topological polar surface area (TPSA) is 756 Å². The Balaban J connectivity index is -0.00000468. The number of amides is 8. The number of nitrogens with one attached hydrogen (secondary N) is 8. The molecule has 0 aliphatic heterocycles. The van der Waals surface area contributed by atoms with Crippen LogP contribution in [0.3, 0.4) is 0 Å². The van der Waals surface area contributed by atoms with Crippen molar-refractivity contribution in [1.29, 1.82) is 0 Å². The second kappa shape index (κ2) is 54.6. The number of carbonyl (C=O) groups is 8. The third kappa shape index (κ3) is 55.7. The summed E-state index contributed by atoms with van der Waals surface area (Å²) < 4.78 is 110. The average molecular weight is 1800 g/mol. The molecule has 4 aromatic carbocycles. The van der Waals surface area contributed by atoms with Crippen LogP contribution in [0.5, 0.6) is 17.2 Å². The van der Waals surface area contributed by atoms with E-state index in [-0.39, 0.29) is 291 Å². The molecule has 16 N–H and O–H groups in total. The van der Waals surface area contributed by atoms with Gasteiger partial charge in [-0.3, -0.25) is 101 Å². The summed E-state index contributed by atoms with van der Waals surface area (Å²) in [6.45, 7) is -4.77. The standard InChI is InChI=1S/C48H70N12O35P8.8Na/c1-30-2-4-38(5-3-30)93-21-33-10-39(94-19-31-6-34(45(65)53-49-41(61)15-57(22-96(69,70)71)23-97(72,73)74)12-35(7-31)46(66)54-50-42(62)16-58(24-98(75,76)77)25-99(78,79)80)14-40(11-33)95-20-32-8-36(47(67)55-51-43(63)17-59(26-100(81,82)83)27-101(84,85)86)13-37(9-32)48(68)56-52-44(64)18-60(28-102(87,88)89)29-103(90,91)92;;;;;;;;/h2-14H,15-29H2,1H3,(H,49,61)(H,50,62)(H,51,63)(H,52,64)(H,53,65)(H,54,66)(H,55,67)(H,56,68)(H2,69,70,71)(H2,72,73,74)(H2,75,76,77)(H2,78,79,80)(H2,81,82,83)(H2,84,85,86)(H2,87,88,89)(H2,90,91,92);;;;;;;;/q;8*+1/p-8. The largest absolute Gasteiger partial charge is 1.00 e. The van der Waals surface area contributed by atoms with E-state index >= 15 is 0 Å². The van der Waals surface area contributed by atoms with Crippen LogP contribution in [0.4, 0.5) is 0 Å². The molecule has 47 nitrogen and oxygen atoms in total. The molecule has 0 saturated carbocycles. The van der Waals surface area contributed by atoms with Gasteiger partial charge in [0, 0.05) is 28.3 Å². The monoisotopic (exact) mass is 1800 g/mol. The molecule has 8 amide bonds. The van der Waals surface area contributed by atoms with Gasteiger partial charge in [-0.2, -0.15) is 0 Å². The Morgan fingerprint density at radius 2 is 0.486 bits per heavy atom. The maximum Gasteiger partial charge on any atom is 1.00 e. The van der Waals surface area contributed by atoms with E-state index in [1.165, 1.54) is 18.2 Å². The molecule has 0 bridgehead atoms. The minimum absolute atomic E-state index is 0. The Morgan fingerprint density at radius 3 is 0.685 bits per heavy atom. The first-order valence-corrected chi connectivity index (χ1v) is 42.1. The van der Waals surface area contributed by atoms with Gasteiger partial charge in [0.2, 0.25) is 0 Å². The normalized spacial score (nSPS) is 15.1. The third-order valence-corrected chi connectivity index (χ3v) is 18.0. The average Bonchev–Trinajstić information content (AvgIpc) is 0.831. The summed E-state index contributed by atoms with van der Waals surface area (Å²) in [6.07, 6.45) is -11.9. The van der Waals surface area contributed by atoms with Gasteiger partial charge >= 0.3 is 236 Å². The van der Waals surface area contributed by atoms with Crippen LogP contribution in [0.25, 0.3) is 0 Å². The zero-order valence-corrected chi connectivity index (χ0v) is 83.7. The first kappa shape index (κ1) is 121. The Bertz CT molecular complexity index is 3680. The second-order valence-electron chi connectivity index (χ2n) is 21.9. The summed E-state index contributed by atoms with van der Waals surface area (Å²) in [6, 6.07) is 16.2. The molecule has 4 aromatic rings. The zero-order chi connectivity index (χ0) is 77.9. The minimum Gasteiger partial charge on any atom is -0.778 e. The summed E-state index contributed by atoms with van der Waals surface area (Å²) in [5.74, 6) is -10.7. The van der Waals surface area contributed by atoms with Crippen LogP contribution in [0.1, 0.15) is 63.7 Å². The number of ether oxygens (including phenoxy) is 3. The van der Waals surface area contributed by atoms with Crippen molar-refractivity contribution >= 4 is 108 Å². The van der Waals surface area contributed by atoms with Gasteiger partial charge in [-0.15, -0.1) is 0 Å². The molecule has 0 aromatic heterocycles. The van der Waals surface area contributed by atoms with E-state index in [0.717, 1.165) is 42.0 Å². The van der Waals surface area contributed by atoms with E-state index in [1.54, 1.807) is 52.9 Å². The first-order chi connectivity index (χ1) is 47.1. The second-order valence-corrected chi connectivity index (χ2v) is 34.3. The number of nitrogens with zero attached hydrogens (tertiary/aromatic N) is 4. The summed E-state index contributed by atoms with van der Waals surface area (Å²) in [7, 11) is -42.8. The van der Waals surface area contributed by atoms with Gasteiger partial charge in [-0.25, -0.2) is 0 Å². The molecule has 4 rings (SSSR count). The van der Waals surface area contributed by atoms with Gasteiger partial charge in [0.15, 0.2) is 0 Å². The Hall–Kier alpha value is 1.08. The van der Waals surface area contributed by atoms with Crippen molar-refractivity contribution in [2.75, 3.05) is 76.5 Å². The molecule has 0 spiro atoms. The molecule has 63 heteroatoms. The number of hydrogen-bond acceptors (Lipinski definition) is 31. The van der Waals surface area contributed by atoms with Gasteiger partial charge < -0.3 is 129 Å². The van der Waals surface area contributed by atoms with E-state index in [4.69, 9.17) is 14.2 Å². The molecule has 0 fully saturated rings. The van der Waals surface area contributed by atoms with Crippen LogP contribution in [0, 0.1) is 6.92 Å². The summed E-state index contributed by atoms with van der Waals surface area (Å²) in [5.41, 5.74) is 13.2. The van der Waals surface area contributed by atoms with Crippen molar-refractivity contribution in [2.24, 2.45) is 0 Å². The molecule has 0 radical (unpaired) electrons. The van der Waals surface area contributed by atoms with E-state index in [2.05, 4.69) is 0 Å². The van der Waals surface area contributed by atoms with Crippen LogP contribution in [-0.4, -0.2) is 182 Å². The minimum atomic E-state index is -5.34. The van der Waals surface area contributed by atoms with Crippen molar-refractivity contribution in [2.45, 2.75) is 26.7 Å². The fourth-order valence-corrected chi connectivity index (χ4v) is 14.7. The Kier molecular flexibility index (Phi) is 59.3. The smallest absolute Gasteiger partial charge is 0.778 e. The maximum absolute atomic E-state index is 13.7. The quantitative estimate of drug-likeness (QED) is 0.0113. The van der Waals surface area contributed by atoms with E-state index in [0.29, 0.717) is 5.75 Å². The van der Waals surface area contributed by atoms with Crippen LogP contribution < -0.4 is 333 Å². The number of benzene rings is 4. The number of rotatable bonds is 37. The van der Waals surface area contributed by atoms with Gasteiger partial charge in [0.1, 0.15) is 97.8 Å². The predicted molar refractivity (Wildman–Crippen MR) is 330 cm³/mol. The SMILES string of the molecule is Cc1ccc(OCc2cc(OCc3cc(C(=O)NNC(=O)CN(CP(=O)([O-])O)CP(=O)([O-])O)cc(C(=O)NNC(=O)CN(CP(=O)([O-])O)CP(=O)([O-])O)c3)cc(OCc3cc(C(=O)NNC(=O)CN(CP(=O)([O-])O)CP(=O)([O-])O)cc(C(=O)NNC(=O)CN(CP(=O)([O-])O)CP(=O)([O-])O)c3)c2)cc1.[Na+].[Na+].[Na+].[Na+].[Na+].[Na+].[Na+].[Na+]. The van der Waals surface area contributed by atoms with Gasteiger partial charge in [0.05, 0.1) is 76.5 Å². The fourth-order valence-electron chi connectivity index (χ4n) is 8.46. The van der Waals surface area contributed by atoms with Crippen molar-refractivity contribution in [1.82, 2.24) is 63.0 Å². The van der Waals surface area contributed by atoms with E-state index in [9.17, 15) is 153 Å². The fraction of sp³-hybridized carbons (Fsp3) is 0.333. The molecule has 8 atom stereocenters. The summed E-state index contributed by atoms with van der Waals surface area (Å²) in [4.78, 5) is 273. The molecule has 0 aliphatic rings. The van der Waals surface area contributed by atoms with Crippen molar-refractivity contribution < 1.29 is 404 Å². The van der Waals surface area contributed by atoms with Crippen LogP contribution in [-0.2, 0) is 75.5 Å². The first-order valence-electron chi connectivity index (χ1n) is 27.9. The van der Waals surface area contributed by atoms with Gasteiger partial charge in [-0.05, 0) is 84.3 Å². The van der Waals surface area contributed by atoms with Crippen molar-refractivity contribution in [3.8, 4) is 17.2 Å². The molecule has 0 saturated heterocycles. The van der Waals surface area contributed by atoms with Gasteiger partial charge in [-0.1, -0.05) is 17.7 Å². The molecule has 8 unspecified atom stereocenters. The van der Waals surface area contributed by atoms with Crippen LogP contribution in [0.15, 0.2) is 78.9 Å². The molecular formula is C48H62N12Na8O35P8. The van der Waals surface area contributed by atoms with E-state index < -0.39 is 220 Å². The van der Waals surface area contributed by atoms with Gasteiger partial charge in [0.25, 0.3) is 47.3 Å². The molecule has 572 valence electrons. The van der Waals surface area contributed by atoms with Crippen molar-refractivity contribution in [3.05, 3.63) is 123 Å². The Morgan fingerprint density at radius 1 is 0.297 bits per heavy atom. The predicted octanol–water partition coefficient (Wildman–Crippen LogP) is -33.0. The molecular weight excluding hydrogens is 1740 g/mol.